The highest BCUT2D eigenvalue weighted by molar-refractivity contribution is 6.32. The van der Waals surface area contributed by atoms with Gasteiger partial charge in [-0.3, -0.25) is 0 Å². The molecule has 24 heavy (non-hydrogen) atoms. The van der Waals surface area contributed by atoms with Crippen LogP contribution in [0.2, 0.25) is 5.02 Å². The van der Waals surface area contributed by atoms with Crippen LogP contribution in [0.25, 0.3) is 10.9 Å². The molecule has 2 aromatic carbocycles. The maximum absolute atomic E-state index is 6.25. The highest BCUT2D eigenvalue weighted by atomic mass is 35.5. The zero-order valence-electron chi connectivity index (χ0n) is 13.7. The van der Waals surface area contributed by atoms with E-state index in [1.807, 2.05) is 37.3 Å². The molecule has 4 nitrogen and oxygen atoms in total. The predicted octanol–water partition coefficient (Wildman–Crippen LogP) is 5.51. The van der Waals surface area contributed by atoms with Crippen LogP contribution in [0.3, 0.4) is 0 Å². The average Bonchev–Trinajstić information content (AvgIpc) is 2.58. The Morgan fingerprint density at radius 1 is 1.04 bits per heavy atom. The second-order valence-electron chi connectivity index (χ2n) is 5.21. The van der Waals surface area contributed by atoms with Crippen molar-refractivity contribution in [3.63, 3.8) is 0 Å². The zero-order chi connectivity index (χ0) is 16.9. The molecule has 0 aliphatic heterocycles. The van der Waals surface area contributed by atoms with Crippen LogP contribution in [0.5, 0.6) is 17.4 Å². The van der Waals surface area contributed by atoms with Crippen LogP contribution in [0, 0.1) is 0 Å². The summed E-state index contributed by atoms with van der Waals surface area (Å²) in [7, 11) is 0. The highest BCUT2D eigenvalue weighted by Crippen LogP contribution is 2.32. The van der Waals surface area contributed by atoms with Crippen molar-refractivity contribution in [3.05, 3.63) is 53.6 Å². The number of pyridine rings is 1. The highest BCUT2D eigenvalue weighted by Gasteiger charge is 2.07. The van der Waals surface area contributed by atoms with Gasteiger partial charge in [-0.25, -0.2) is 4.98 Å². The van der Waals surface area contributed by atoms with Gasteiger partial charge in [0.15, 0.2) is 0 Å². The largest absolute Gasteiger partial charge is 0.494 e. The Bertz CT molecular complexity index is 852. The number of fused-ring (bicyclic) bond motifs is 1. The van der Waals surface area contributed by atoms with Crippen molar-refractivity contribution in [3.8, 4) is 17.4 Å². The molecule has 3 aromatic rings. The van der Waals surface area contributed by atoms with Gasteiger partial charge in [-0.1, -0.05) is 11.6 Å². The second kappa shape index (κ2) is 7.41. The second-order valence-corrected chi connectivity index (χ2v) is 5.62. The van der Waals surface area contributed by atoms with Gasteiger partial charge in [0.05, 0.1) is 17.1 Å². The van der Waals surface area contributed by atoms with Crippen molar-refractivity contribution in [1.82, 2.24) is 4.98 Å². The minimum Gasteiger partial charge on any atom is -0.494 e. The van der Waals surface area contributed by atoms with Crippen molar-refractivity contribution in [2.24, 2.45) is 0 Å². The molecule has 5 heteroatoms. The lowest BCUT2D eigenvalue weighted by Crippen LogP contribution is -1.96. The molecule has 0 saturated heterocycles. The molecular formula is C19H19ClN2O2. The molecule has 1 N–H and O–H groups in total. The van der Waals surface area contributed by atoms with E-state index in [1.165, 1.54) is 0 Å². The third-order valence-corrected chi connectivity index (χ3v) is 3.77. The number of nitrogens with zero attached hydrogens (tertiary/aromatic N) is 1. The lowest BCUT2D eigenvalue weighted by Gasteiger charge is -2.10. The van der Waals surface area contributed by atoms with Gasteiger partial charge in [-0.15, -0.1) is 0 Å². The fraction of sp³-hybridized carbons (Fsp3) is 0.211. The van der Waals surface area contributed by atoms with Crippen LogP contribution in [0.4, 0.5) is 5.69 Å². The van der Waals surface area contributed by atoms with Crippen molar-refractivity contribution in [2.45, 2.75) is 13.8 Å². The van der Waals surface area contributed by atoms with E-state index >= 15 is 0 Å². The summed E-state index contributed by atoms with van der Waals surface area (Å²) in [6, 6.07) is 15.2. The molecule has 0 fully saturated rings. The number of anilines is 1. The quantitative estimate of drug-likeness (QED) is 0.641. The number of nitrogens with one attached hydrogen (secondary N) is 1. The number of benzene rings is 2. The standard InChI is InChI=1S/C19H19ClN2O2/c1-3-21-14-6-8-17-13(11-14)5-10-19(22-17)24-18-9-7-15(23-4-2)12-16(18)20/h5-12,21H,3-4H2,1-2H3. The van der Waals surface area contributed by atoms with Gasteiger partial charge in [0, 0.05) is 29.8 Å². The number of halogens is 1. The summed E-state index contributed by atoms with van der Waals surface area (Å²) >= 11 is 6.25. The SMILES string of the molecule is CCNc1ccc2nc(Oc3ccc(OCC)cc3Cl)ccc2c1. The van der Waals surface area contributed by atoms with Crippen LogP contribution in [0.15, 0.2) is 48.5 Å². The van der Waals surface area contributed by atoms with E-state index in [2.05, 4.69) is 23.3 Å². The fourth-order valence-corrected chi connectivity index (χ4v) is 2.62. The van der Waals surface area contributed by atoms with Gasteiger partial charge >= 0.3 is 0 Å². The molecule has 0 atom stereocenters. The van der Waals surface area contributed by atoms with Crippen LogP contribution < -0.4 is 14.8 Å². The van der Waals surface area contributed by atoms with Gasteiger partial charge in [-0.2, -0.15) is 0 Å². The summed E-state index contributed by atoms with van der Waals surface area (Å²) in [5.41, 5.74) is 1.95. The lowest BCUT2D eigenvalue weighted by molar-refractivity contribution is 0.339. The Hall–Kier alpha value is -2.46. The third kappa shape index (κ3) is 3.71. The van der Waals surface area contributed by atoms with E-state index in [-0.39, 0.29) is 0 Å². The Morgan fingerprint density at radius 2 is 1.92 bits per heavy atom. The number of ether oxygens (including phenoxy) is 2. The number of rotatable bonds is 6. The molecule has 3 rings (SSSR count). The van der Waals surface area contributed by atoms with Gasteiger partial charge in [0.1, 0.15) is 11.5 Å². The van der Waals surface area contributed by atoms with Crippen LogP contribution in [-0.2, 0) is 0 Å². The molecule has 0 aliphatic rings. The Morgan fingerprint density at radius 3 is 2.67 bits per heavy atom. The van der Waals surface area contributed by atoms with E-state index in [4.69, 9.17) is 21.1 Å². The molecule has 0 saturated carbocycles. The van der Waals surface area contributed by atoms with Crippen LogP contribution >= 0.6 is 11.6 Å². The first-order valence-electron chi connectivity index (χ1n) is 7.94. The first-order chi connectivity index (χ1) is 11.7. The lowest BCUT2D eigenvalue weighted by atomic mass is 10.2. The number of hydrogen-bond donors (Lipinski definition) is 1. The van der Waals surface area contributed by atoms with Crippen LogP contribution in [0.1, 0.15) is 13.8 Å². The molecule has 124 valence electrons. The first-order valence-corrected chi connectivity index (χ1v) is 8.32. The Balaban J connectivity index is 1.83. The van der Waals surface area contributed by atoms with Gasteiger partial charge < -0.3 is 14.8 Å². The molecule has 0 amide bonds. The molecule has 0 radical (unpaired) electrons. The molecular weight excluding hydrogens is 324 g/mol. The molecule has 1 aromatic heterocycles. The summed E-state index contributed by atoms with van der Waals surface area (Å²) in [6.45, 7) is 5.48. The smallest absolute Gasteiger partial charge is 0.219 e. The topological polar surface area (TPSA) is 43.4 Å². The average molecular weight is 343 g/mol. The maximum Gasteiger partial charge on any atom is 0.219 e. The molecule has 0 spiro atoms. The van der Waals surface area contributed by atoms with E-state index in [9.17, 15) is 0 Å². The van der Waals surface area contributed by atoms with Gasteiger partial charge in [-0.05, 0) is 50.2 Å². The van der Waals surface area contributed by atoms with Gasteiger partial charge in [0.25, 0.3) is 0 Å². The molecule has 1 heterocycles. The normalized spacial score (nSPS) is 10.6. The van der Waals surface area contributed by atoms with Crippen LogP contribution in [-0.4, -0.2) is 18.1 Å². The van der Waals surface area contributed by atoms with Gasteiger partial charge in [0.2, 0.25) is 5.88 Å². The maximum atomic E-state index is 6.25. The van der Waals surface area contributed by atoms with E-state index in [1.54, 1.807) is 12.1 Å². The summed E-state index contributed by atoms with van der Waals surface area (Å²) in [5.74, 6) is 1.78. The summed E-state index contributed by atoms with van der Waals surface area (Å²) in [6.07, 6.45) is 0. The zero-order valence-corrected chi connectivity index (χ0v) is 14.4. The van der Waals surface area contributed by atoms with E-state index in [0.717, 1.165) is 28.9 Å². The number of aromatic nitrogens is 1. The molecule has 0 aliphatic carbocycles. The van der Waals surface area contributed by atoms with E-state index in [0.29, 0.717) is 23.3 Å². The Kier molecular flexibility index (Phi) is 5.06. The van der Waals surface area contributed by atoms with E-state index < -0.39 is 0 Å². The van der Waals surface area contributed by atoms with Crippen molar-refractivity contribution < 1.29 is 9.47 Å². The first kappa shape index (κ1) is 16.4. The Labute approximate surface area is 146 Å². The monoisotopic (exact) mass is 342 g/mol. The third-order valence-electron chi connectivity index (χ3n) is 3.47. The fourth-order valence-electron chi connectivity index (χ4n) is 2.41. The van der Waals surface area contributed by atoms with Crippen molar-refractivity contribution in [2.75, 3.05) is 18.5 Å². The summed E-state index contributed by atoms with van der Waals surface area (Å²) in [4.78, 5) is 4.53. The summed E-state index contributed by atoms with van der Waals surface area (Å²) < 4.78 is 11.2. The molecule has 0 bridgehead atoms. The number of hydrogen-bond acceptors (Lipinski definition) is 4. The minimum absolute atomic E-state index is 0.491. The molecule has 0 unspecified atom stereocenters. The summed E-state index contributed by atoms with van der Waals surface area (Å²) in [5, 5.41) is 4.83. The minimum atomic E-state index is 0.491. The van der Waals surface area contributed by atoms with Crippen molar-refractivity contribution >= 4 is 28.2 Å². The van der Waals surface area contributed by atoms with Crippen molar-refractivity contribution in [1.29, 1.82) is 0 Å². The predicted molar refractivity (Wildman–Crippen MR) is 98.6 cm³/mol.